The van der Waals surface area contributed by atoms with E-state index in [4.69, 9.17) is 5.73 Å². The topological polar surface area (TPSA) is 72.2 Å². The number of nitrogens with one attached hydrogen (secondary N) is 1. The maximum absolute atomic E-state index is 12.6. The van der Waals surface area contributed by atoms with Crippen molar-refractivity contribution < 1.29 is 8.42 Å². The van der Waals surface area contributed by atoms with Gasteiger partial charge in [-0.15, -0.1) is 11.3 Å². The molecule has 0 spiro atoms. The normalized spacial score (nSPS) is 13.2. The minimum atomic E-state index is -3.58. The third-order valence-electron chi connectivity index (χ3n) is 3.26. The molecule has 2 rings (SSSR count). The van der Waals surface area contributed by atoms with E-state index in [-0.39, 0.29) is 10.9 Å². The van der Waals surface area contributed by atoms with Crippen LogP contribution in [0.2, 0.25) is 0 Å². The molecule has 1 atom stereocenters. The molecule has 1 unspecified atom stereocenters. The van der Waals surface area contributed by atoms with E-state index in [0.29, 0.717) is 11.3 Å². The molecular formula is C15H20N2O2S2. The zero-order valence-corrected chi connectivity index (χ0v) is 13.8. The maximum atomic E-state index is 12.6. The fraction of sp³-hybridized carbons (Fsp3) is 0.333. The van der Waals surface area contributed by atoms with Gasteiger partial charge in [-0.25, -0.2) is 13.1 Å². The molecule has 0 amide bonds. The fourth-order valence-electron chi connectivity index (χ4n) is 2.19. The number of anilines is 1. The van der Waals surface area contributed by atoms with E-state index in [1.807, 2.05) is 24.4 Å². The van der Waals surface area contributed by atoms with E-state index in [0.717, 1.165) is 17.7 Å². The molecule has 3 N–H and O–H groups in total. The summed E-state index contributed by atoms with van der Waals surface area (Å²) < 4.78 is 28.1. The van der Waals surface area contributed by atoms with Crippen molar-refractivity contribution in [3.63, 3.8) is 0 Å². The van der Waals surface area contributed by atoms with Gasteiger partial charge < -0.3 is 5.73 Å². The highest BCUT2D eigenvalue weighted by Gasteiger charge is 2.23. The van der Waals surface area contributed by atoms with Crippen LogP contribution in [-0.2, 0) is 10.0 Å². The van der Waals surface area contributed by atoms with Crippen LogP contribution in [0.4, 0.5) is 5.69 Å². The smallest absolute Gasteiger partial charge is 0.241 e. The molecule has 6 heteroatoms. The first-order valence-corrected chi connectivity index (χ1v) is 9.22. The average Bonchev–Trinajstić information content (AvgIpc) is 2.95. The van der Waals surface area contributed by atoms with Gasteiger partial charge in [-0.2, -0.15) is 0 Å². The number of nitrogen functional groups attached to an aromatic ring is 1. The van der Waals surface area contributed by atoms with Crippen molar-refractivity contribution >= 4 is 27.0 Å². The summed E-state index contributed by atoms with van der Waals surface area (Å²) in [6.07, 6.45) is 1.67. The van der Waals surface area contributed by atoms with Crippen molar-refractivity contribution in [3.8, 4) is 0 Å². The molecule has 4 nitrogen and oxygen atoms in total. The van der Waals surface area contributed by atoms with Gasteiger partial charge in [0, 0.05) is 10.6 Å². The Labute approximate surface area is 130 Å². The van der Waals surface area contributed by atoms with Gasteiger partial charge in [-0.3, -0.25) is 0 Å². The molecular weight excluding hydrogens is 304 g/mol. The number of hydrogen-bond acceptors (Lipinski definition) is 4. The van der Waals surface area contributed by atoms with Gasteiger partial charge in [0.2, 0.25) is 10.0 Å². The second-order valence-electron chi connectivity index (χ2n) is 5.00. The lowest BCUT2D eigenvalue weighted by molar-refractivity contribution is 0.539. The van der Waals surface area contributed by atoms with E-state index in [1.54, 1.807) is 30.4 Å². The molecule has 0 saturated carbocycles. The van der Waals surface area contributed by atoms with Gasteiger partial charge in [0.05, 0.1) is 10.9 Å². The van der Waals surface area contributed by atoms with Gasteiger partial charge >= 0.3 is 0 Å². The molecule has 0 radical (unpaired) electrons. The van der Waals surface area contributed by atoms with Crippen molar-refractivity contribution in [1.82, 2.24) is 4.72 Å². The van der Waals surface area contributed by atoms with Gasteiger partial charge in [0.15, 0.2) is 0 Å². The van der Waals surface area contributed by atoms with Gasteiger partial charge in [0.1, 0.15) is 0 Å². The van der Waals surface area contributed by atoms with Crippen LogP contribution < -0.4 is 10.5 Å². The Balaban J connectivity index is 2.32. The largest absolute Gasteiger partial charge is 0.399 e. The SMILES string of the molecule is CCCC(NS(=O)(=O)c1cc(N)ccc1C)c1cccs1. The summed E-state index contributed by atoms with van der Waals surface area (Å²) in [7, 11) is -3.58. The van der Waals surface area contributed by atoms with Crippen LogP contribution in [0.5, 0.6) is 0 Å². The Bertz CT molecular complexity index is 694. The molecule has 0 aliphatic rings. The zero-order chi connectivity index (χ0) is 15.5. The van der Waals surface area contributed by atoms with Crippen molar-refractivity contribution in [2.24, 2.45) is 0 Å². The highest BCUT2D eigenvalue weighted by Crippen LogP contribution is 2.27. The van der Waals surface area contributed by atoms with Crippen LogP contribution in [0, 0.1) is 6.92 Å². The van der Waals surface area contributed by atoms with E-state index in [1.165, 1.54) is 6.07 Å². The fourth-order valence-corrected chi connectivity index (χ4v) is 4.61. The molecule has 1 aromatic carbocycles. The standard InChI is InChI=1S/C15H20N2O2S2/c1-3-5-13(14-6-4-9-20-14)17-21(18,19)15-10-12(16)8-7-11(15)2/h4,6-10,13,17H,3,5,16H2,1-2H3. The zero-order valence-electron chi connectivity index (χ0n) is 12.2. The average molecular weight is 324 g/mol. The van der Waals surface area contributed by atoms with E-state index in [2.05, 4.69) is 4.72 Å². The first-order chi connectivity index (χ1) is 9.94. The summed E-state index contributed by atoms with van der Waals surface area (Å²) in [5, 5.41) is 1.96. The van der Waals surface area contributed by atoms with Crippen LogP contribution in [0.15, 0.2) is 40.6 Å². The quantitative estimate of drug-likeness (QED) is 0.799. The van der Waals surface area contributed by atoms with Crippen LogP contribution >= 0.6 is 11.3 Å². The predicted molar refractivity (Wildman–Crippen MR) is 87.9 cm³/mol. The minimum absolute atomic E-state index is 0.194. The third kappa shape index (κ3) is 3.84. The van der Waals surface area contributed by atoms with E-state index in [9.17, 15) is 8.42 Å². The molecule has 21 heavy (non-hydrogen) atoms. The van der Waals surface area contributed by atoms with Crippen LogP contribution in [0.1, 0.15) is 36.2 Å². The van der Waals surface area contributed by atoms with Crippen LogP contribution in [0.25, 0.3) is 0 Å². The van der Waals surface area contributed by atoms with Gasteiger partial charge in [-0.05, 0) is 42.5 Å². The van der Waals surface area contributed by atoms with Crippen molar-refractivity contribution in [2.75, 3.05) is 5.73 Å². The molecule has 1 heterocycles. The third-order valence-corrected chi connectivity index (χ3v) is 5.86. The van der Waals surface area contributed by atoms with Gasteiger partial charge in [-0.1, -0.05) is 25.5 Å². The summed E-state index contributed by atoms with van der Waals surface area (Å²) in [5.41, 5.74) is 6.86. The highest BCUT2D eigenvalue weighted by atomic mass is 32.2. The number of sulfonamides is 1. The van der Waals surface area contributed by atoms with E-state index < -0.39 is 10.0 Å². The van der Waals surface area contributed by atoms with Crippen molar-refractivity contribution in [3.05, 3.63) is 46.2 Å². The van der Waals surface area contributed by atoms with Crippen LogP contribution in [0.3, 0.4) is 0 Å². The summed E-state index contributed by atoms with van der Waals surface area (Å²) >= 11 is 1.56. The second-order valence-corrected chi connectivity index (χ2v) is 7.66. The maximum Gasteiger partial charge on any atom is 0.241 e. The van der Waals surface area contributed by atoms with Crippen LogP contribution in [-0.4, -0.2) is 8.42 Å². The summed E-state index contributed by atoms with van der Waals surface area (Å²) in [6.45, 7) is 3.81. The monoisotopic (exact) mass is 324 g/mol. The first-order valence-electron chi connectivity index (χ1n) is 6.86. The number of benzene rings is 1. The molecule has 0 fully saturated rings. The lowest BCUT2D eigenvalue weighted by atomic mass is 10.1. The summed E-state index contributed by atoms with van der Waals surface area (Å²) in [6, 6.07) is 8.64. The number of thiophene rings is 1. The number of hydrogen-bond donors (Lipinski definition) is 2. The number of aryl methyl sites for hydroxylation is 1. The minimum Gasteiger partial charge on any atom is -0.399 e. The highest BCUT2D eigenvalue weighted by molar-refractivity contribution is 7.89. The lowest BCUT2D eigenvalue weighted by Crippen LogP contribution is -2.28. The molecule has 0 bridgehead atoms. The Hall–Kier alpha value is -1.37. The Morgan fingerprint density at radius 3 is 2.71 bits per heavy atom. The summed E-state index contributed by atoms with van der Waals surface area (Å²) in [5.74, 6) is 0. The molecule has 0 aliphatic heterocycles. The molecule has 0 aliphatic carbocycles. The first kappa shape index (κ1) is 16.0. The van der Waals surface area contributed by atoms with Crippen molar-refractivity contribution in [2.45, 2.75) is 37.6 Å². The Morgan fingerprint density at radius 1 is 1.33 bits per heavy atom. The molecule has 114 valence electrons. The molecule has 1 aromatic heterocycles. The number of nitrogens with two attached hydrogens (primary N) is 1. The van der Waals surface area contributed by atoms with Gasteiger partial charge in [0.25, 0.3) is 0 Å². The molecule has 0 saturated heterocycles. The lowest BCUT2D eigenvalue weighted by Gasteiger charge is -2.18. The van der Waals surface area contributed by atoms with Crippen molar-refractivity contribution in [1.29, 1.82) is 0 Å². The Morgan fingerprint density at radius 2 is 2.10 bits per heavy atom. The number of rotatable bonds is 6. The Kier molecular flexibility index (Phi) is 5.03. The summed E-state index contributed by atoms with van der Waals surface area (Å²) in [4.78, 5) is 1.28. The second kappa shape index (κ2) is 6.60. The molecule has 2 aromatic rings. The predicted octanol–water partition coefficient (Wildman–Crippen LogP) is 3.46. The van der Waals surface area contributed by atoms with E-state index >= 15 is 0 Å².